The molecule has 1 fully saturated rings. The largest absolute Gasteiger partial charge is 0.336 e. The molecule has 2 amide bonds. The molecule has 3 nitrogen and oxygen atoms in total. The summed E-state index contributed by atoms with van der Waals surface area (Å²) in [5, 5.41) is 5.04. The third-order valence-electron chi connectivity index (χ3n) is 2.80. The van der Waals surface area contributed by atoms with Crippen molar-refractivity contribution in [2.45, 2.75) is 38.8 Å². The minimum Gasteiger partial charge on any atom is -0.336 e. The SMILES string of the molecule is CC(C)NC(=O)N1CCC[C@H]1c1cccs1. The molecule has 1 aromatic rings. The Morgan fingerprint density at radius 1 is 1.62 bits per heavy atom. The summed E-state index contributed by atoms with van der Waals surface area (Å²) in [6.45, 7) is 4.86. The van der Waals surface area contributed by atoms with Crippen molar-refractivity contribution < 1.29 is 4.79 Å². The van der Waals surface area contributed by atoms with E-state index in [1.54, 1.807) is 11.3 Å². The zero-order chi connectivity index (χ0) is 11.5. The molecule has 1 aromatic heterocycles. The van der Waals surface area contributed by atoms with E-state index >= 15 is 0 Å². The van der Waals surface area contributed by atoms with Crippen LogP contribution in [0.1, 0.15) is 37.6 Å². The Labute approximate surface area is 100 Å². The first-order valence-corrected chi connectivity index (χ1v) is 6.67. The summed E-state index contributed by atoms with van der Waals surface area (Å²) in [6.07, 6.45) is 2.19. The number of amides is 2. The Bertz CT molecular complexity index is 348. The highest BCUT2D eigenvalue weighted by molar-refractivity contribution is 7.10. The quantitative estimate of drug-likeness (QED) is 0.844. The topological polar surface area (TPSA) is 32.3 Å². The van der Waals surface area contributed by atoms with Gasteiger partial charge in [0, 0.05) is 17.5 Å². The van der Waals surface area contributed by atoms with Crippen LogP contribution < -0.4 is 5.32 Å². The molecule has 0 aliphatic carbocycles. The number of urea groups is 1. The van der Waals surface area contributed by atoms with Crippen LogP contribution in [-0.2, 0) is 0 Å². The Hall–Kier alpha value is -1.03. The van der Waals surface area contributed by atoms with Gasteiger partial charge in [-0.1, -0.05) is 6.07 Å². The van der Waals surface area contributed by atoms with E-state index in [0.717, 1.165) is 19.4 Å². The summed E-state index contributed by atoms with van der Waals surface area (Å²) in [5.74, 6) is 0. The molecule has 88 valence electrons. The molecule has 1 aliphatic rings. The molecular formula is C12H18N2OS. The van der Waals surface area contributed by atoms with Gasteiger partial charge in [0.1, 0.15) is 0 Å². The lowest BCUT2D eigenvalue weighted by molar-refractivity contribution is 0.191. The number of nitrogens with one attached hydrogen (secondary N) is 1. The Balaban J connectivity index is 2.06. The summed E-state index contributed by atoms with van der Waals surface area (Å²) < 4.78 is 0. The fourth-order valence-electron chi connectivity index (χ4n) is 2.12. The van der Waals surface area contributed by atoms with Crippen LogP contribution in [0.3, 0.4) is 0 Å². The monoisotopic (exact) mass is 238 g/mol. The van der Waals surface area contributed by atoms with Gasteiger partial charge in [-0.05, 0) is 38.1 Å². The molecule has 0 bridgehead atoms. The summed E-state index contributed by atoms with van der Waals surface area (Å²) in [5.41, 5.74) is 0. The molecule has 1 atom stereocenters. The normalized spacial score (nSPS) is 20.4. The first kappa shape index (κ1) is 11.5. The molecule has 0 unspecified atom stereocenters. The van der Waals surface area contributed by atoms with Gasteiger partial charge in [-0.25, -0.2) is 4.79 Å². The number of carbonyl (C=O) groups excluding carboxylic acids is 1. The Morgan fingerprint density at radius 2 is 2.44 bits per heavy atom. The average molecular weight is 238 g/mol. The van der Waals surface area contributed by atoms with Crippen LogP contribution in [0.2, 0.25) is 0 Å². The van der Waals surface area contributed by atoms with Crippen molar-refractivity contribution in [1.82, 2.24) is 10.2 Å². The highest BCUT2D eigenvalue weighted by Gasteiger charge is 2.30. The summed E-state index contributed by atoms with van der Waals surface area (Å²) >= 11 is 1.74. The van der Waals surface area contributed by atoms with Crippen LogP contribution in [0.15, 0.2) is 17.5 Å². The molecule has 4 heteroatoms. The van der Waals surface area contributed by atoms with E-state index < -0.39 is 0 Å². The van der Waals surface area contributed by atoms with E-state index in [2.05, 4.69) is 22.8 Å². The van der Waals surface area contributed by atoms with E-state index in [0.29, 0.717) is 6.04 Å². The van der Waals surface area contributed by atoms with Gasteiger partial charge in [-0.2, -0.15) is 0 Å². The zero-order valence-corrected chi connectivity index (χ0v) is 10.6. The van der Waals surface area contributed by atoms with Gasteiger partial charge in [-0.3, -0.25) is 0 Å². The maximum Gasteiger partial charge on any atom is 0.318 e. The molecule has 0 radical (unpaired) electrons. The third kappa shape index (κ3) is 2.38. The maximum absolute atomic E-state index is 12.0. The highest BCUT2D eigenvalue weighted by atomic mass is 32.1. The van der Waals surface area contributed by atoms with Crippen molar-refractivity contribution in [3.63, 3.8) is 0 Å². The molecule has 1 N–H and O–H groups in total. The van der Waals surface area contributed by atoms with E-state index in [9.17, 15) is 4.79 Å². The van der Waals surface area contributed by atoms with Crippen LogP contribution in [0.4, 0.5) is 4.79 Å². The highest BCUT2D eigenvalue weighted by Crippen LogP contribution is 2.34. The first-order chi connectivity index (χ1) is 7.68. The summed E-state index contributed by atoms with van der Waals surface area (Å²) in [7, 11) is 0. The third-order valence-corrected chi connectivity index (χ3v) is 3.77. The maximum atomic E-state index is 12.0. The lowest BCUT2D eigenvalue weighted by atomic mass is 10.2. The van der Waals surface area contributed by atoms with Crippen molar-refractivity contribution in [3.05, 3.63) is 22.4 Å². The van der Waals surface area contributed by atoms with Crippen LogP contribution in [0, 0.1) is 0 Å². The zero-order valence-electron chi connectivity index (χ0n) is 9.77. The average Bonchev–Trinajstić information content (AvgIpc) is 2.87. The van der Waals surface area contributed by atoms with Crippen molar-refractivity contribution in [1.29, 1.82) is 0 Å². The van der Waals surface area contributed by atoms with E-state index in [-0.39, 0.29) is 12.1 Å². The van der Waals surface area contributed by atoms with Gasteiger partial charge in [-0.15, -0.1) is 11.3 Å². The number of hydrogen-bond donors (Lipinski definition) is 1. The molecule has 1 saturated heterocycles. The van der Waals surface area contributed by atoms with Crippen molar-refractivity contribution in [3.8, 4) is 0 Å². The molecule has 0 spiro atoms. The van der Waals surface area contributed by atoms with Gasteiger partial charge in [0.05, 0.1) is 6.04 Å². The summed E-state index contributed by atoms with van der Waals surface area (Å²) in [4.78, 5) is 15.2. The second kappa shape index (κ2) is 4.87. The lowest BCUT2D eigenvalue weighted by Gasteiger charge is -2.25. The fourth-order valence-corrected chi connectivity index (χ4v) is 2.99. The molecule has 1 aliphatic heterocycles. The van der Waals surface area contributed by atoms with Gasteiger partial charge in [0.25, 0.3) is 0 Å². The van der Waals surface area contributed by atoms with E-state index in [1.807, 2.05) is 18.7 Å². The number of carbonyl (C=O) groups is 1. The molecule has 0 aromatic carbocycles. The van der Waals surface area contributed by atoms with E-state index in [4.69, 9.17) is 0 Å². The minimum atomic E-state index is 0.0749. The predicted octanol–water partition coefficient (Wildman–Crippen LogP) is 3.00. The number of hydrogen-bond acceptors (Lipinski definition) is 2. The van der Waals surface area contributed by atoms with Crippen LogP contribution in [-0.4, -0.2) is 23.5 Å². The molecular weight excluding hydrogens is 220 g/mol. The van der Waals surface area contributed by atoms with Gasteiger partial charge < -0.3 is 10.2 Å². The van der Waals surface area contributed by atoms with Crippen molar-refractivity contribution >= 4 is 17.4 Å². The van der Waals surface area contributed by atoms with Crippen LogP contribution >= 0.6 is 11.3 Å². The second-order valence-electron chi connectivity index (χ2n) is 4.47. The minimum absolute atomic E-state index is 0.0749. The van der Waals surface area contributed by atoms with Crippen molar-refractivity contribution in [2.24, 2.45) is 0 Å². The first-order valence-electron chi connectivity index (χ1n) is 5.79. The van der Waals surface area contributed by atoms with Crippen LogP contribution in [0.25, 0.3) is 0 Å². The standard InChI is InChI=1S/C12H18N2OS/c1-9(2)13-12(15)14-7-3-5-10(14)11-6-4-8-16-11/h4,6,8-10H,3,5,7H2,1-2H3,(H,13,15)/t10-/m0/s1. The Morgan fingerprint density at radius 3 is 3.06 bits per heavy atom. The lowest BCUT2D eigenvalue weighted by Crippen LogP contribution is -2.42. The van der Waals surface area contributed by atoms with Gasteiger partial charge in [0.15, 0.2) is 0 Å². The molecule has 16 heavy (non-hydrogen) atoms. The van der Waals surface area contributed by atoms with E-state index in [1.165, 1.54) is 4.88 Å². The predicted molar refractivity (Wildman–Crippen MR) is 66.7 cm³/mol. The number of thiophene rings is 1. The summed E-state index contributed by atoms with van der Waals surface area (Å²) in [6, 6.07) is 4.74. The fraction of sp³-hybridized carbons (Fsp3) is 0.583. The Kier molecular flexibility index (Phi) is 3.49. The number of rotatable bonds is 2. The second-order valence-corrected chi connectivity index (χ2v) is 5.45. The number of likely N-dealkylation sites (tertiary alicyclic amines) is 1. The van der Waals surface area contributed by atoms with Gasteiger partial charge >= 0.3 is 6.03 Å². The molecule has 2 heterocycles. The van der Waals surface area contributed by atoms with Gasteiger partial charge in [0.2, 0.25) is 0 Å². The van der Waals surface area contributed by atoms with Crippen LogP contribution in [0.5, 0.6) is 0 Å². The number of nitrogens with zero attached hydrogens (tertiary/aromatic N) is 1. The molecule has 2 rings (SSSR count). The van der Waals surface area contributed by atoms with Crippen molar-refractivity contribution in [2.75, 3.05) is 6.54 Å². The smallest absolute Gasteiger partial charge is 0.318 e. The molecule has 0 saturated carbocycles.